The van der Waals surface area contributed by atoms with Crippen molar-refractivity contribution in [2.45, 2.75) is 63.1 Å². The number of rotatable bonds is 9. The van der Waals surface area contributed by atoms with Gasteiger partial charge in [-0.3, -0.25) is 9.48 Å². The lowest BCUT2D eigenvalue weighted by Crippen LogP contribution is -2.44. The highest BCUT2D eigenvalue weighted by atomic mass is 32.2. The SMILES string of the molecule is COc1ccc(OC)c(S(=O)(=O)N2CCCC[C@H]2CCn2cc(C(=O)NC(C)C)nn2)c1. The van der Waals surface area contributed by atoms with Crippen molar-refractivity contribution in [3.63, 3.8) is 0 Å². The summed E-state index contributed by atoms with van der Waals surface area (Å²) in [6, 6.07) is 4.58. The summed E-state index contributed by atoms with van der Waals surface area (Å²) in [5.41, 5.74) is 0.243. The molecule has 1 amide bonds. The van der Waals surface area contributed by atoms with Crippen molar-refractivity contribution in [3.8, 4) is 11.5 Å². The molecule has 2 heterocycles. The first-order valence-electron chi connectivity index (χ1n) is 10.7. The van der Waals surface area contributed by atoms with Gasteiger partial charge in [-0.25, -0.2) is 8.42 Å². The molecule has 1 saturated heterocycles. The predicted molar refractivity (Wildman–Crippen MR) is 118 cm³/mol. The van der Waals surface area contributed by atoms with Gasteiger partial charge >= 0.3 is 0 Å². The number of benzene rings is 1. The highest BCUT2D eigenvalue weighted by Gasteiger charge is 2.35. The molecule has 0 spiro atoms. The average Bonchev–Trinajstić information content (AvgIpc) is 3.26. The van der Waals surface area contributed by atoms with E-state index in [2.05, 4.69) is 15.6 Å². The summed E-state index contributed by atoms with van der Waals surface area (Å²) in [5, 5.41) is 10.7. The van der Waals surface area contributed by atoms with E-state index in [0.29, 0.717) is 25.3 Å². The summed E-state index contributed by atoms with van der Waals surface area (Å²) in [7, 11) is -0.847. The number of ether oxygens (including phenoxy) is 2. The van der Waals surface area contributed by atoms with Gasteiger partial charge in [-0.2, -0.15) is 4.31 Å². The molecule has 1 aromatic carbocycles. The highest BCUT2D eigenvalue weighted by Crippen LogP contribution is 2.34. The van der Waals surface area contributed by atoms with E-state index in [1.54, 1.807) is 27.3 Å². The molecule has 0 radical (unpaired) electrons. The van der Waals surface area contributed by atoms with E-state index in [9.17, 15) is 13.2 Å². The summed E-state index contributed by atoms with van der Waals surface area (Å²) >= 11 is 0. The van der Waals surface area contributed by atoms with Crippen molar-refractivity contribution >= 4 is 15.9 Å². The van der Waals surface area contributed by atoms with Crippen LogP contribution in [0.4, 0.5) is 0 Å². The minimum absolute atomic E-state index is 0.00209. The van der Waals surface area contributed by atoms with Gasteiger partial charge < -0.3 is 14.8 Å². The van der Waals surface area contributed by atoms with Crippen LogP contribution in [-0.2, 0) is 16.6 Å². The lowest BCUT2D eigenvalue weighted by molar-refractivity contribution is 0.0938. The van der Waals surface area contributed by atoms with Gasteiger partial charge in [0.2, 0.25) is 10.0 Å². The number of carbonyl (C=O) groups is 1. The number of hydrogen-bond donors (Lipinski definition) is 1. The normalized spacial score (nSPS) is 17.3. The van der Waals surface area contributed by atoms with Crippen LogP contribution in [-0.4, -0.2) is 66.5 Å². The predicted octanol–water partition coefficient (Wildman–Crippen LogP) is 2.07. The van der Waals surface area contributed by atoms with E-state index in [1.807, 2.05) is 13.8 Å². The number of nitrogens with zero attached hydrogens (tertiary/aromatic N) is 4. The smallest absolute Gasteiger partial charge is 0.273 e. The third kappa shape index (κ3) is 5.39. The minimum Gasteiger partial charge on any atom is -0.497 e. The zero-order valence-electron chi connectivity index (χ0n) is 18.9. The zero-order valence-corrected chi connectivity index (χ0v) is 19.8. The lowest BCUT2D eigenvalue weighted by atomic mass is 10.0. The summed E-state index contributed by atoms with van der Waals surface area (Å²) in [6.07, 6.45) is 4.64. The average molecular weight is 466 g/mol. The third-order valence-electron chi connectivity index (χ3n) is 5.41. The Morgan fingerprint density at radius 2 is 2.03 bits per heavy atom. The van der Waals surface area contributed by atoms with Gasteiger partial charge in [-0.15, -0.1) is 5.10 Å². The van der Waals surface area contributed by atoms with Crippen LogP contribution in [0.3, 0.4) is 0 Å². The molecule has 0 bridgehead atoms. The number of methoxy groups -OCH3 is 2. The maximum atomic E-state index is 13.6. The molecule has 1 aliphatic heterocycles. The van der Waals surface area contributed by atoms with Gasteiger partial charge in [0.25, 0.3) is 5.91 Å². The summed E-state index contributed by atoms with van der Waals surface area (Å²) in [6.45, 7) is 4.64. The number of nitrogens with one attached hydrogen (secondary N) is 1. The Kier molecular flexibility index (Phi) is 7.73. The summed E-state index contributed by atoms with van der Waals surface area (Å²) in [5.74, 6) is 0.457. The molecule has 3 rings (SSSR count). The number of hydrogen-bond acceptors (Lipinski definition) is 7. The van der Waals surface area contributed by atoms with Crippen LogP contribution >= 0.6 is 0 Å². The molecular weight excluding hydrogens is 434 g/mol. The number of sulfonamides is 1. The maximum absolute atomic E-state index is 13.6. The first-order chi connectivity index (χ1) is 15.3. The van der Waals surface area contributed by atoms with E-state index in [1.165, 1.54) is 20.3 Å². The number of aromatic nitrogens is 3. The van der Waals surface area contributed by atoms with Crippen molar-refractivity contribution in [2.24, 2.45) is 0 Å². The molecule has 1 aliphatic rings. The van der Waals surface area contributed by atoms with Gasteiger partial charge in [-0.1, -0.05) is 11.6 Å². The number of carbonyl (C=O) groups excluding carboxylic acids is 1. The fraction of sp³-hybridized carbons (Fsp3) is 0.571. The Balaban J connectivity index is 1.77. The first kappa shape index (κ1) is 24.0. The largest absolute Gasteiger partial charge is 0.497 e. The van der Waals surface area contributed by atoms with E-state index in [0.717, 1.165) is 19.3 Å². The lowest BCUT2D eigenvalue weighted by Gasteiger charge is -2.35. The molecule has 0 saturated carbocycles. The molecular formula is C21H31N5O5S. The molecule has 10 nitrogen and oxygen atoms in total. The highest BCUT2D eigenvalue weighted by molar-refractivity contribution is 7.89. The van der Waals surface area contributed by atoms with Crippen LogP contribution in [0.2, 0.25) is 0 Å². The molecule has 1 N–H and O–H groups in total. The van der Waals surface area contributed by atoms with Crippen LogP contribution < -0.4 is 14.8 Å². The van der Waals surface area contributed by atoms with Crippen LogP contribution in [0.5, 0.6) is 11.5 Å². The van der Waals surface area contributed by atoms with Gasteiger partial charge in [-0.05, 0) is 45.2 Å². The third-order valence-corrected chi connectivity index (χ3v) is 7.39. The van der Waals surface area contributed by atoms with Crippen molar-refractivity contribution in [2.75, 3.05) is 20.8 Å². The maximum Gasteiger partial charge on any atom is 0.273 e. The van der Waals surface area contributed by atoms with Gasteiger partial charge in [0.15, 0.2) is 5.69 Å². The second kappa shape index (κ2) is 10.3. The van der Waals surface area contributed by atoms with Crippen LogP contribution in [0.25, 0.3) is 0 Å². The van der Waals surface area contributed by atoms with E-state index in [-0.39, 0.29) is 34.3 Å². The molecule has 32 heavy (non-hydrogen) atoms. The molecule has 1 aromatic heterocycles. The minimum atomic E-state index is -3.79. The van der Waals surface area contributed by atoms with E-state index >= 15 is 0 Å². The standard InChI is InChI=1S/C21H31N5O5S/c1-15(2)22-21(27)18-14-25(24-23-18)12-10-16-7-5-6-11-26(16)32(28,29)20-13-17(30-3)8-9-19(20)31-4/h8-9,13-16H,5-7,10-12H2,1-4H3,(H,22,27)/t16-/m0/s1. The second-order valence-electron chi connectivity index (χ2n) is 8.07. The van der Waals surface area contributed by atoms with Crippen LogP contribution in [0.15, 0.2) is 29.3 Å². The van der Waals surface area contributed by atoms with E-state index in [4.69, 9.17) is 9.47 Å². The Labute approximate surface area is 188 Å². The summed E-state index contributed by atoms with van der Waals surface area (Å²) < 4.78 is 40.8. The molecule has 1 atom stereocenters. The Morgan fingerprint density at radius 3 is 2.72 bits per heavy atom. The Bertz CT molecular complexity index is 1040. The van der Waals surface area contributed by atoms with Crippen LogP contribution in [0.1, 0.15) is 50.0 Å². The monoisotopic (exact) mass is 465 g/mol. The van der Waals surface area contributed by atoms with Crippen molar-refractivity contribution in [3.05, 3.63) is 30.1 Å². The molecule has 1 fully saturated rings. The molecule has 0 aliphatic carbocycles. The fourth-order valence-electron chi connectivity index (χ4n) is 3.82. The first-order valence-corrected chi connectivity index (χ1v) is 12.1. The number of amides is 1. The molecule has 2 aromatic rings. The zero-order chi connectivity index (χ0) is 23.3. The fourth-order valence-corrected chi connectivity index (χ4v) is 5.72. The molecule has 11 heteroatoms. The van der Waals surface area contributed by atoms with Crippen molar-refractivity contribution in [1.29, 1.82) is 0 Å². The quantitative estimate of drug-likeness (QED) is 0.603. The molecule has 0 unspecified atom stereocenters. The van der Waals surface area contributed by atoms with Crippen molar-refractivity contribution in [1.82, 2.24) is 24.6 Å². The van der Waals surface area contributed by atoms with Gasteiger partial charge in [0.05, 0.1) is 20.4 Å². The number of aryl methyl sites for hydroxylation is 1. The summed E-state index contributed by atoms with van der Waals surface area (Å²) in [4.78, 5) is 12.2. The van der Waals surface area contributed by atoms with E-state index < -0.39 is 10.0 Å². The van der Waals surface area contributed by atoms with Gasteiger partial charge in [0, 0.05) is 31.2 Å². The molecule has 176 valence electrons. The Hall–Kier alpha value is -2.66. The van der Waals surface area contributed by atoms with Crippen molar-refractivity contribution < 1.29 is 22.7 Å². The van der Waals surface area contributed by atoms with Gasteiger partial charge in [0.1, 0.15) is 16.4 Å². The second-order valence-corrected chi connectivity index (χ2v) is 9.92. The number of piperidine rings is 1. The Morgan fingerprint density at radius 1 is 1.25 bits per heavy atom. The topological polar surface area (TPSA) is 116 Å². The van der Waals surface area contributed by atoms with Crippen LogP contribution in [0, 0.1) is 0 Å².